The minimum absolute atomic E-state index is 0.0668. The van der Waals surface area contributed by atoms with Crippen LogP contribution in [0.1, 0.15) is 19.8 Å². The van der Waals surface area contributed by atoms with E-state index in [1.54, 1.807) is 0 Å². The van der Waals surface area contributed by atoms with Gasteiger partial charge in [-0.1, -0.05) is 6.92 Å². The zero-order valence-electron chi connectivity index (χ0n) is 10.5. The van der Waals surface area contributed by atoms with Crippen molar-refractivity contribution in [1.29, 1.82) is 0 Å². The van der Waals surface area contributed by atoms with E-state index in [1.165, 1.54) is 6.07 Å². The van der Waals surface area contributed by atoms with Crippen LogP contribution in [0.25, 0.3) is 0 Å². The highest BCUT2D eigenvalue weighted by molar-refractivity contribution is 5.23. The van der Waals surface area contributed by atoms with E-state index in [-0.39, 0.29) is 6.04 Å². The second kappa shape index (κ2) is 8.00. The third kappa shape index (κ3) is 5.42. The van der Waals surface area contributed by atoms with Gasteiger partial charge in [-0.15, -0.1) is 0 Å². The van der Waals surface area contributed by atoms with Gasteiger partial charge in [0.15, 0.2) is 11.6 Å². The largest absolute Gasteiger partial charge is 0.493 e. The molecule has 0 aliphatic rings. The number of ether oxygens (including phenoxy) is 2. The molecule has 5 heteroatoms. The van der Waals surface area contributed by atoms with Crippen LogP contribution < -0.4 is 10.5 Å². The van der Waals surface area contributed by atoms with Crippen LogP contribution in [-0.4, -0.2) is 25.9 Å². The Kier molecular flexibility index (Phi) is 6.60. The molecule has 2 N–H and O–H groups in total. The van der Waals surface area contributed by atoms with E-state index < -0.39 is 11.6 Å². The van der Waals surface area contributed by atoms with Crippen molar-refractivity contribution in [3.63, 3.8) is 0 Å². The number of nitrogens with two attached hydrogens (primary N) is 1. The molecular weight excluding hydrogens is 240 g/mol. The van der Waals surface area contributed by atoms with E-state index in [0.29, 0.717) is 32.0 Å². The Morgan fingerprint density at radius 2 is 2.00 bits per heavy atom. The summed E-state index contributed by atoms with van der Waals surface area (Å²) in [5.41, 5.74) is 5.68. The summed E-state index contributed by atoms with van der Waals surface area (Å²) in [4.78, 5) is 0. The summed E-state index contributed by atoms with van der Waals surface area (Å²) in [7, 11) is 0. The molecule has 0 saturated carbocycles. The number of hydrogen-bond donors (Lipinski definition) is 1. The maximum absolute atomic E-state index is 12.8. The molecule has 1 atom stereocenters. The molecule has 0 amide bonds. The average Bonchev–Trinajstić information content (AvgIpc) is 2.37. The van der Waals surface area contributed by atoms with Crippen LogP contribution >= 0.6 is 0 Å². The highest BCUT2D eigenvalue weighted by atomic mass is 19.2. The summed E-state index contributed by atoms with van der Waals surface area (Å²) >= 11 is 0. The lowest BCUT2D eigenvalue weighted by Gasteiger charge is -2.10. The smallest absolute Gasteiger partial charge is 0.162 e. The van der Waals surface area contributed by atoms with Crippen molar-refractivity contribution in [2.24, 2.45) is 5.73 Å². The van der Waals surface area contributed by atoms with Gasteiger partial charge in [0.25, 0.3) is 0 Å². The summed E-state index contributed by atoms with van der Waals surface area (Å²) in [5.74, 6) is -1.46. The molecule has 0 aromatic heterocycles. The van der Waals surface area contributed by atoms with Gasteiger partial charge >= 0.3 is 0 Å². The predicted molar refractivity (Wildman–Crippen MR) is 65.6 cm³/mol. The fourth-order valence-corrected chi connectivity index (χ4v) is 1.27. The Balaban J connectivity index is 2.12. The molecule has 0 radical (unpaired) electrons. The van der Waals surface area contributed by atoms with Crippen molar-refractivity contribution in [3.05, 3.63) is 29.8 Å². The van der Waals surface area contributed by atoms with Crippen LogP contribution in [-0.2, 0) is 4.74 Å². The van der Waals surface area contributed by atoms with Crippen molar-refractivity contribution in [2.75, 3.05) is 19.8 Å². The summed E-state index contributed by atoms with van der Waals surface area (Å²) in [6.07, 6.45) is 1.56. The van der Waals surface area contributed by atoms with Gasteiger partial charge in [0.1, 0.15) is 5.75 Å². The highest BCUT2D eigenvalue weighted by Crippen LogP contribution is 2.15. The van der Waals surface area contributed by atoms with Crippen LogP contribution in [0.5, 0.6) is 5.75 Å². The van der Waals surface area contributed by atoms with E-state index in [1.807, 2.05) is 6.92 Å². The fraction of sp³-hybridized carbons (Fsp3) is 0.538. The lowest BCUT2D eigenvalue weighted by Crippen LogP contribution is -2.25. The van der Waals surface area contributed by atoms with Gasteiger partial charge in [0.2, 0.25) is 0 Å². The molecule has 3 nitrogen and oxygen atoms in total. The van der Waals surface area contributed by atoms with Crippen molar-refractivity contribution in [1.82, 2.24) is 0 Å². The molecule has 0 aliphatic carbocycles. The first-order valence-electron chi connectivity index (χ1n) is 6.04. The Morgan fingerprint density at radius 3 is 2.67 bits per heavy atom. The highest BCUT2D eigenvalue weighted by Gasteiger charge is 2.03. The summed E-state index contributed by atoms with van der Waals surface area (Å²) in [6.45, 7) is 3.46. The molecule has 0 spiro atoms. The average molecular weight is 259 g/mol. The van der Waals surface area contributed by atoms with Gasteiger partial charge in [-0.05, 0) is 18.6 Å². The monoisotopic (exact) mass is 259 g/mol. The molecule has 0 saturated heterocycles. The quantitative estimate of drug-likeness (QED) is 0.729. The molecule has 0 bridgehead atoms. The number of halogens is 2. The standard InChI is InChI=1S/C13H19F2NO2/c1-2-10(16)9-17-6-3-7-18-11-4-5-12(14)13(15)8-11/h4-5,8,10H,2-3,6-7,9,16H2,1H3. The molecule has 1 aromatic rings. The van der Waals surface area contributed by atoms with E-state index in [9.17, 15) is 8.78 Å². The van der Waals surface area contributed by atoms with Gasteiger partial charge in [-0.25, -0.2) is 8.78 Å². The van der Waals surface area contributed by atoms with Crippen LogP contribution in [0, 0.1) is 11.6 Å². The third-order valence-electron chi connectivity index (χ3n) is 2.45. The van der Waals surface area contributed by atoms with Gasteiger partial charge < -0.3 is 15.2 Å². The molecule has 18 heavy (non-hydrogen) atoms. The molecule has 1 unspecified atom stereocenters. The Labute approximate surface area is 106 Å². The Morgan fingerprint density at radius 1 is 1.22 bits per heavy atom. The zero-order chi connectivity index (χ0) is 13.4. The first-order chi connectivity index (χ1) is 8.63. The second-order valence-corrected chi connectivity index (χ2v) is 4.02. The van der Waals surface area contributed by atoms with Crippen LogP contribution in [0.2, 0.25) is 0 Å². The van der Waals surface area contributed by atoms with Gasteiger partial charge in [-0.2, -0.15) is 0 Å². The van der Waals surface area contributed by atoms with Crippen LogP contribution in [0.4, 0.5) is 8.78 Å². The van der Waals surface area contributed by atoms with Gasteiger partial charge in [0.05, 0.1) is 13.2 Å². The Bertz CT molecular complexity index is 361. The number of rotatable bonds is 8. The minimum atomic E-state index is -0.905. The minimum Gasteiger partial charge on any atom is -0.493 e. The van der Waals surface area contributed by atoms with Crippen LogP contribution in [0.15, 0.2) is 18.2 Å². The van der Waals surface area contributed by atoms with Crippen molar-refractivity contribution in [2.45, 2.75) is 25.8 Å². The van der Waals surface area contributed by atoms with Gasteiger partial charge in [0, 0.05) is 25.1 Å². The predicted octanol–water partition coefficient (Wildman–Crippen LogP) is 2.49. The summed E-state index contributed by atoms with van der Waals surface area (Å²) < 4.78 is 36.1. The molecule has 1 aromatic carbocycles. The SMILES string of the molecule is CCC(N)COCCCOc1ccc(F)c(F)c1. The first kappa shape index (κ1) is 14.9. The summed E-state index contributed by atoms with van der Waals surface area (Å²) in [5, 5.41) is 0. The van der Waals surface area contributed by atoms with Crippen molar-refractivity contribution in [3.8, 4) is 5.75 Å². The lowest BCUT2D eigenvalue weighted by atomic mass is 10.3. The molecule has 0 fully saturated rings. The van der Waals surface area contributed by atoms with E-state index in [2.05, 4.69) is 0 Å². The van der Waals surface area contributed by atoms with Gasteiger partial charge in [-0.3, -0.25) is 0 Å². The lowest BCUT2D eigenvalue weighted by molar-refractivity contribution is 0.107. The van der Waals surface area contributed by atoms with E-state index in [4.69, 9.17) is 15.2 Å². The van der Waals surface area contributed by atoms with Crippen molar-refractivity contribution < 1.29 is 18.3 Å². The normalized spacial score (nSPS) is 12.4. The molecule has 0 heterocycles. The maximum Gasteiger partial charge on any atom is 0.162 e. The fourth-order valence-electron chi connectivity index (χ4n) is 1.27. The van der Waals surface area contributed by atoms with E-state index >= 15 is 0 Å². The molecule has 1 rings (SSSR count). The van der Waals surface area contributed by atoms with Crippen LogP contribution in [0.3, 0.4) is 0 Å². The Hall–Kier alpha value is -1.20. The molecule has 102 valence electrons. The molecule has 0 aliphatic heterocycles. The zero-order valence-corrected chi connectivity index (χ0v) is 10.5. The summed E-state index contributed by atoms with van der Waals surface area (Å²) in [6, 6.07) is 3.54. The third-order valence-corrected chi connectivity index (χ3v) is 2.45. The van der Waals surface area contributed by atoms with Crippen molar-refractivity contribution >= 4 is 0 Å². The molecular formula is C13H19F2NO2. The maximum atomic E-state index is 12.8. The topological polar surface area (TPSA) is 44.5 Å². The first-order valence-corrected chi connectivity index (χ1v) is 6.04. The second-order valence-electron chi connectivity index (χ2n) is 4.02. The number of hydrogen-bond acceptors (Lipinski definition) is 3. The van der Waals surface area contributed by atoms with E-state index in [0.717, 1.165) is 18.6 Å². The number of benzene rings is 1.